The number of nitrogens with zero attached hydrogens (tertiary/aromatic N) is 2. The van der Waals surface area contributed by atoms with E-state index in [4.69, 9.17) is 14.2 Å². The number of carbonyl (C=O) groups excluding carboxylic acids is 1. The van der Waals surface area contributed by atoms with Gasteiger partial charge >= 0.3 is 0 Å². The number of pyridine rings is 2. The van der Waals surface area contributed by atoms with E-state index in [-0.39, 0.29) is 11.3 Å². The van der Waals surface area contributed by atoms with E-state index in [1.807, 2.05) is 13.0 Å². The van der Waals surface area contributed by atoms with E-state index in [2.05, 4.69) is 21.4 Å². The first-order chi connectivity index (χ1) is 18.0. The van der Waals surface area contributed by atoms with Gasteiger partial charge in [0, 0.05) is 40.8 Å². The largest absolute Gasteiger partial charge is 0.506 e. The van der Waals surface area contributed by atoms with E-state index in [9.17, 15) is 9.90 Å². The number of aromatic hydroxyl groups is 1. The first-order valence-electron chi connectivity index (χ1n) is 12.0. The van der Waals surface area contributed by atoms with Crippen molar-refractivity contribution in [2.45, 2.75) is 26.2 Å². The fourth-order valence-electron chi connectivity index (χ4n) is 4.51. The SMILES string of the molecule is COc1cc2nccc(Oc3ccc(NC(=O)c4cnc(C)c(C5=CCCC5)c4O)cc3)c2cc1OC. The number of aromatic nitrogens is 2. The van der Waals surface area contributed by atoms with E-state index < -0.39 is 5.91 Å². The van der Waals surface area contributed by atoms with Crippen LogP contribution in [0.3, 0.4) is 0 Å². The van der Waals surface area contributed by atoms with Crippen molar-refractivity contribution in [1.82, 2.24) is 9.97 Å². The third kappa shape index (κ3) is 4.78. The number of aryl methyl sites for hydroxylation is 1. The van der Waals surface area contributed by atoms with E-state index in [1.165, 1.54) is 6.20 Å². The molecule has 0 unspecified atom stereocenters. The Kier molecular flexibility index (Phi) is 6.64. The molecule has 188 valence electrons. The first-order valence-corrected chi connectivity index (χ1v) is 12.0. The molecule has 0 spiro atoms. The Bertz CT molecular complexity index is 1510. The summed E-state index contributed by atoms with van der Waals surface area (Å²) < 4.78 is 16.9. The van der Waals surface area contributed by atoms with E-state index in [0.29, 0.717) is 45.5 Å². The number of ether oxygens (including phenoxy) is 3. The number of hydrogen-bond donors (Lipinski definition) is 2. The Morgan fingerprint density at radius 1 is 1.00 bits per heavy atom. The second-order valence-electron chi connectivity index (χ2n) is 8.72. The van der Waals surface area contributed by atoms with Crippen molar-refractivity contribution in [3.8, 4) is 28.7 Å². The lowest BCUT2D eigenvalue weighted by Crippen LogP contribution is -2.13. The van der Waals surface area contributed by atoms with Gasteiger partial charge < -0.3 is 24.6 Å². The zero-order valence-electron chi connectivity index (χ0n) is 20.9. The molecule has 2 heterocycles. The van der Waals surface area contributed by atoms with Gasteiger partial charge in [0.2, 0.25) is 0 Å². The molecule has 1 aliphatic carbocycles. The molecule has 37 heavy (non-hydrogen) atoms. The first kappa shape index (κ1) is 24.1. The van der Waals surface area contributed by atoms with Crippen molar-refractivity contribution in [2.75, 3.05) is 19.5 Å². The molecule has 2 aromatic carbocycles. The Morgan fingerprint density at radius 3 is 2.46 bits per heavy atom. The average molecular weight is 498 g/mol. The molecular formula is C29H27N3O5. The molecule has 4 aromatic rings. The van der Waals surface area contributed by atoms with Gasteiger partial charge in [-0.1, -0.05) is 6.08 Å². The van der Waals surface area contributed by atoms with Crippen LogP contribution >= 0.6 is 0 Å². The number of carbonyl (C=O) groups is 1. The Balaban J connectivity index is 1.34. The summed E-state index contributed by atoms with van der Waals surface area (Å²) in [6, 6.07) is 12.4. The predicted molar refractivity (Wildman–Crippen MR) is 142 cm³/mol. The molecule has 8 heteroatoms. The molecule has 2 N–H and O–H groups in total. The van der Waals surface area contributed by atoms with Crippen LogP contribution in [0.4, 0.5) is 5.69 Å². The van der Waals surface area contributed by atoms with Gasteiger partial charge in [0.1, 0.15) is 22.8 Å². The van der Waals surface area contributed by atoms with Gasteiger partial charge in [-0.3, -0.25) is 14.8 Å². The van der Waals surface area contributed by atoms with Gasteiger partial charge in [-0.15, -0.1) is 0 Å². The molecular weight excluding hydrogens is 470 g/mol. The van der Waals surface area contributed by atoms with Gasteiger partial charge in [-0.25, -0.2) is 0 Å². The average Bonchev–Trinajstić information content (AvgIpc) is 3.43. The third-order valence-corrected chi connectivity index (χ3v) is 6.39. The molecule has 1 aliphatic rings. The van der Waals surface area contributed by atoms with Crippen LogP contribution < -0.4 is 19.5 Å². The summed E-state index contributed by atoms with van der Waals surface area (Å²) in [6.07, 6.45) is 8.05. The lowest BCUT2D eigenvalue weighted by molar-refractivity contribution is 0.102. The van der Waals surface area contributed by atoms with E-state index in [1.54, 1.807) is 56.8 Å². The highest BCUT2D eigenvalue weighted by atomic mass is 16.5. The van der Waals surface area contributed by atoms with Crippen molar-refractivity contribution >= 4 is 28.1 Å². The Morgan fingerprint density at radius 2 is 1.76 bits per heavy atom. The van der Waals surface area contributed by atoms with Crippen molar-refractivity contribution in [3.05, 3.63) is 77.8 Å². The number of benzene rings is 2. The summed E-state index contributed by atoms with van der Waals surface area (Å²) in [4.78, 5) is 21.7. The van der Waals surface area contributed by atoms with Crippen LogP contribution in [0.2, 0.25) is 0 Å². The maximum atomic E-state index is 13.0. The molecule has 0 saturated carbocycles. The van der Waals surface area contributed by atoms with Gasteiger partial charge in [-0.2, -0.15) is 0 Å². The molecule has 0 saturated heterocycles. The number of fused-ring (bicyclic) bond motifs is 1. The molecule has 0 aliphatic heterocycles. The summed E-state index contributed by atoms with van der Waals surface area (Å²) >= 11 is 0. The standard InChI is InChI=1S/C29H27N3O5/c1-17-27(18-6-4-5-7-18)28(33)22(16-31-17)29(34)32-19-8-10-20(11-9-19)37-24-12-13-30-23-15-26(36-3)25(35-2)14-21(23)24/h6,8-16H,4-5,7H2,1-3H3,(H,31,33)(H,32,34). The summed E-state index contributed by atoms with van der Waals surface area (Å²) in [5.41, 5.74) is 3.82. The van der Waals surface area contributed by atoms with E-state index in [0.717, 1.165) is 30.2 Å². The lowest BCUT2D eigenvalue weighted by atomic mass is 10.00. The molecule has 1 amide bonds. The molecule has 8 nitrogen and oxygen atoms in total. The van der Waals surface area contributed by atoms with Gasteiger partial charge in [0.05, 0.1) is 19.7 Å². The minimum absolute atomic E-state index is 0.0327. The van der Waals surface area contributed by atoms with Crippen LogP contribution in [0.25, 0.3) is 16.5 Å². The quantitative estimate of drug-likeness (QED) is 0.310. The number of nitrogens with one attached hydrogen (secondary N) is 1. The molecule has 0 fully saturated rings. The highest BCUT2D eigenvalue weighted by Crippen LogP contribution is 2.38. The van der Waals surface area contributed by atoms with Crippen molar-refractivity contribution < 1.29 is 24.1 Å². The van der Waals surface area contributed by atoms with Crippen molar-refractivity contribution in [3.63, 3.8) is 0 Å². The fraction of sp³-hybridized carbons (Fsp3) is 0.207. The maximum absolute atomic E-state index is 13.0. The minimum Gasteiger partial charge on any atom is -0.506 e. The molecule has 5 rings (SSSR count). The van der Waals surface area contributed by atoms with Crippen molar-refractivity contribution in [2.24, 2.45) is 0 Å². The molecule has 0 radical (unpaired) electrons. The summed E-state index contributed by atoms with van der Waals surface area (Å²) in [5, 5.41) is 14.5. The van der Waals surface area contributed by atoms with Crippen LogP contribution in [0.1, 0.15) is 40.9 Å². The smallest absolute Gasteiger partial charge is 0.261 e. The van der Waals surface area contributed by atoms with Crippen LogP contribution in [0.5, 0.6) is 28.7 Å². The lowest BCUT2D eigenvalue weighted by Gasteiger charge is -2.14. The minimum atomic E-state index is -0.431. The van der Waals surface area contributed by atoms with Crippen LogP contribution in [0, 0.1) is 6.92 Å². The molecule has 0 atom stereocenters. The normalized spacial score (nSPS) is 12.8. The number of anilines is 1. The van der Waals surface area contributed by atoms with Crippen LogP contribution in [-0.4, -0.2) is 35.2 Å². The summed E-state index contributed by atoms with van der Waals surface area (Å²) in [5.74, 6) is 1.88. The van der Waals surface area contributed by atoms with Gasteiger partial charge in [-0.05, 0) is 68.2 Å². The molecule has 0 bridgehead atoms. The van der Waals surface area contributed by atoms with Crippen LogP contribution in [0.15, 0.2) is 60.9 Å². The topological polar surface area (TPSA) is 103 Å². The maximum Gasteiger partial charge on any atom is 0.261 e. The Hall–Kier alpha value is -4.59. The van der Waals surface area contributed by atoms with E-state index >= 15 is 0 Å². The monoisotopic (exact) mass is 497 g/mol. The zero-order chi connectivity index (χ0) is 25.9. The number of amides is 1. The van der Waals surface area contributed by atoms with Gasteiger partial charge in [0.15, 0.2) is 11.5 Å². The predicted octanol–water partition coefficient (Wildman–Crippen LogP) is 6.27. The highest BCUT2D eigenvalue weighted by Gasteiger charge is 2.21. The summed E-state index contributed by atoms with van der Waals surface area (Å²) in [7, 11) is 3.15. The number of methoxy groups -OCH3 is 2. The highest BCUT2D eigenvalue weighted by molar-refractivity contribution is 6.07. The summed E-state index contributed by atoms with van der Waals surface area (Å²) in [6.45, 7) is 1.84. The number of allylic oxidation sites excluding steroid dienone is 2. The van der Waals surface area contributed by atoms with Gasteiger partial charge in [0.25, 0.3) is 5.91 Å². The Labute approximate surface area is 214 Å². The molecule has 2 aromatic heterocycles. The number of hydrogen-bond acceptors (Lipinski definition) is 7. The zero-order valence-corrected chi connectivity index (χ0v) is 20.9. The third-order valence-electron chi connectivity index (χ3n) is 6.39. The second kappa shape index (κ2) is 10.2. The number of rotatable bonds is 7. The van der Waals surface area contributed by atoms with Crippen LogP contribution in [-0.2, 0) is 0 Å². The van der Waals surface area contributed by atoms with Crippen molar-refractivity contribution in [1.29, 1.82) is 0 Å². The second-order valence-corrected chi connectivity index (χ2v) is 8.72. The fourth-order valence-corrected chi connectivity index (χ4v) is 4.51.